The van der Waals surface area contributed by atoms with Gasteiger partial charge in [-0.25, -0.2) is 0 Å². The Morgan fingerprint density at radius 3 is 2.53 bits per heavy atom. The fourth-order valence-corrected chi connectivity index (χ4v) is 10.6. The molecule has 64 heavy (non-hydrogen) atoms. The Balaban J connectivity index is 1.13. The molecule has 3 aliphatic carbocycles. The van der Waals surface area contributed by atoms with Gasteiger partial charge < -0.3 is 45.6 Å². The van der Waals surface area contributed by atoms with Crippen LogP contribution in [0, 0.1) is 11.8 Å². The van der Waals surface area contributed by atoms with Gasteiger partial charge in [-0.05, 0) is 129 Å². The van der Waals surface area contributed by atoms with Crippen LogP contribution < -0.4 is 9.72 Å². The molecule has 4 atom stereocenters. The Hall–Kier alpha value is -5.88. The van der Waals surface area contributed by atoms with Crippen LogP contribution in [0.5, 0.6) is 17.2 Å². The molecule has 0 saturated heterocycles. The predicted molar refractivity (Wildman–Crippen MR) is 245 cm³/mol. The van der Waals surface area contributed by atoms with E-state index in [-0.39, 0.29) is 68.2 Å². The molecule has 334 valence electrons. The zero-order valence-electron chi connectivity index (χ0n) is 36.1. The molecule has 11 nitrogen and oxygen atoms in total. The number of nitrogens with one attached hydrogen (secondary N) is 1. The number of aromatic hydroxyl groups is 2. The van der Waals surface area contributed by atoms with E-state index >= 15 is 4.79 Å². The van der Waals surface area contributed by atoms with Crippen LogP contribution >= 0.6 is 0 Å². The third-order valence-electron chi connectivity index (χ3n) is 14.0. The third-order valence-corrected chi connectivity index (χ3v) is 14.0. The highest BCUT2D eigenvalue weighted by molar-refractivity contribution is 6.05. The molecule has 1 saturated carbocycles. The van der Waals surface area contributed by atoms with E-state index < -0.39 is 23.4 Å². The second-order valence-electron chi connectivity index (χ2n) is 18.2. The number of Topliss-reactive ketones (excluding diaryl/α,β-unsaturated/α-hetero) is 2. The number of ether oxygens (including phenoxy) is 1. The maximum absolute atomic E-state index is 15.4. The first-order valence-electron chi connectivity index (χ1n) is 22.9. The summed E-state index contributed by atoms with van der Waals surface area (Å²) in [6.07, 6.45) is 15.5. The highest BCUT2D eigenvalue weighted by atomic mass is 16.5. The number of fused-ring (bicyclic) bond motifs is 8. The van der Waals surface area contributed by atoms with E-state index in [4.69, 9.17) is 10.1 Å². The summed E-state index contributed by atoms with van der Waals surface area (Å²) in [7, 11) is 0. The summed E-state index contributed by atoms with van der Waals surface area (Å²) in [5.74, 6) is -1.99. The smallest absolute Gasteiger partial charge is 0.161 e. The zero-order chi connectivity index (χ0) is 44.4. The van der Waals surface area contributed by atoms with Gasteiger partial charge in [-0.1, -0.05) is 89.9 Å². The molecule has 4 bridgehead atoms. The number of nitrogens with zero attached hydrogens (tertiary/aromatic N) is 2. The second-order valence-corrected chi connectivity index (χ2v) is 18.2. The van der Waals surface area contributed by atoms with Gasteiger partial charge in [0, 0.05) is 43.1 Å². The minimum absolute atomic E-state index is 0.0137. The zero-order valence-corrected chi connectivity index (χ0v) is 36.1. The SMILES string of the molecule is O=C1CCc2cc(c(O)c(OC3CCCC3)c2)Cc2ccc(CCO)c(c2)Cc2cc[nH]c2[N-]CC2=Cc3[n-]ccc3C(CC3(O)C=Cc4c(O)cccc4CC3)C2C(=O)C1CCO. The Morgan fingerprint density at radius 2 is 1.70 bits per heavy atom. The topological polar surface area (TPSA) is 189 Å². The molecular weight excluding hydrogens is 807 g/mol. The fraction of sp³-hybridized carbons (Fsp3) is 0.396. The number of aryl methyl sites for hydroxylation is 2. The van der Waals surface area contributed by atoms with Crippen molar-refractivity contribution < 1.29 is 39.9 Å². The Labute approximate surface area is 373 Å². The molecule has 9 rings (SSSR count). The molecule has 0 radical (unpaired) electrons. The molecule has 4 aliphatic rings. The number of aromatic nitrogens is 2. The lowest BCUT2D eigenvalue weighted by Gasteiger charge is -2.40. The number of aromatic amines is 1. The number of phenolic OH excluding ortho intramolecular Hbond substituents is 2. The van der Waals surface area contributed by atoms with Crippen LogP contribution in [0.3, 0.4) is 0 Å². The van der Waals surface area contributed by atoms with E-state index in [1.165, 1.54) is 0 Å². The molecule has 2 aromatic heterocycles. The first-order valence-corrected chi connectivity index (χ1v) is 22.9. The van der Waals surface area contributed by atoms with Gasteiger partial charge in [0.25, 0.3) is 0 Å². The van der Waals surface area contributed by atoms with Crippen molar-refractivity contribution in [1.82, 2.24) is 9.97 Å². The minimum atomic E-state index is -1.38. The van der Waals surface area contributed by atoms with Crippen molar-refractivity contribution in [2.24, 2.45) is 11.8 Å². The quantitative estimate of drug-likeness (QED) is 0.0839. The largest absolute Gasteiger partial charge is 0.664 e. The van der Waals surface area contributed by atoms with Crippen molar-refractivity contribution in [3.8, 4) is 17.2 Å². The molecule has 11 heteroatoms. The Bertz CT molecular complexity index is 2580. The van der Waals surface area contributed by atoms with Crippen molar-refractivity contribution in [3.05, 3.63) is 146 Å². The van der Waals surface area contributed by atoms with E-state index in [0.29, 0.717) is 72.5 Å². The second kappa shape index (κ2) is 18.7. The number of benzene rings is 3. The number of ketones is 2. The van der Waals surface area contributed by atoms with Crippen molar-refractivity contribution in [2.75, 3.05) is 19.8 Å². The number of phenols is 2. The van der Waals surface area contributed by atoms with Gasteiger partial charge in [0.15, 0.2) is 17.3 Å². The number of aliphatic hydroxyl groups is 3. The standard InChI is InChI=1S/C53H57N3O8/c57-22-16-34-10-8-32-24-37(34)28-36-14-20-55-52(36)56-31-39-29-45-42(15-21-54-45)44(30-53(63)18-12-35-4-3-7-46(59)41(35)13-19-53)49(39)51(62)43(17-23-58)47(60)11-9-33-26-38(25-32)50(61)48(27-33)64-40-5-1-2-6-40/h3-4,7-8,10,13-15,19-21,24,26-27,29,40,43-44,49,55,57-59,61,63H,1-2,5-6,9,11-12,16-18,22-23,25,28,30-31H2/q-2. The van der Waals surface area contributed by atoms with Gasteiger partial charge >= 0.3 is 0 Å². The van der Waals surface area contributed by atoms with Crippen molar-refractivity contribution in [3.63, 3.8) is 0 Å². The summed E-state index contributed by atoms with van der Waals surface area (Å²) in [4.78, 5) is 38.0. The van der Waals surface area contributed by atoms with Gasteiger partial charge in [0.2, 0.25) is 0 Å². The molecule has 3 heterocycles. The van der Waals surface area contributed by atoms with Crippen molar-refractivity contribution in [2.45, 2.75) is 101 Å². The number of rotatable bonds is 8. The number of carbonyl (C=O) groups excluding carboxylic acids is 2. The lowest BCUT2D eigenvalue weighted by atomic mass is 9.67. The van der Waals surface area contributed by atoms with Crippen LogP contribution in [0.15, 0.2) is 84.7 Å². The van der Waals surface area contributed by atoms with E-state index in [2.05, 4.69) is 16.0 Å². The van der Waals surface area contributed by atoms with E-state index in [9.17, 15) is 30.3 Å². The number of hydrogen-bond acceptors (Lipinski definition) is 8. The molecule has 5 aromatic rings. The summed E-state index contributed by atoms with van der Waals surface area (Å²) < 4.78 is 6.44. The molecule has 3 aromatic carbocycles. The van der Waals surface area contributed by atoms with Crippen LogP contribution in [0.1, 0.15) is 113 Å². The van der Waals surface area contributed by atoms with Crippen LogP contribution in [0.25, 0.3) is 17.5 Å². The highest BCUT2D eigenvalue weighted by Crippen LogP contribution is 2.48. The van der Waals surface area contributed by atoms with Gasteiger partial charge in [-0.2, -0.15) is 6.20 Å². The number of carbonyl (C=O) groups is 2. The van der Waals surface area contributed by atoms with Crippen LogP contribution in [0.2, 0.25) is 0 Å². The summed E-state index contributed by atoms with van der Waals surface area (Å²) in [6, 6.07) is 19.2. The molecule has 0 amide bonds. The summed E-state index contributed by atoms with van der Waals surface area (Å²) >= 11 is 0. The van der Waals surface area contributed by atoms with Crippen molar-refractivity contribution in [1.29, 1.82) is 0 Å². The van der Waals surface area contributed by atoms with Gasteiger partial charge in [0.05, 0.1) is 17.6 Å². The van der Waals surface area contributed by atoms with Crippen LogP contribution in [-0.2, 0) is 41.7 Å². The number of aliphatic hydroxyl groups excluding tert-OH is 2. The van der Waals surface area contributed by atoms with E-state index in [1.807, 2.05) is 54.7 Å². The van der Waals surface area contributed by atoms with Crippen molar-refractivity contribution >= 4 is 29.5 Å². The minimum Gasteiger partial charge on any atom is -0.664 e. The lowest BCUT2D eigenvalue weighted by Crippen LogP contribution is -2.40. The summed E-state index contributed by atoms with van der Waals surface area (Å²) in [5.41, 5.74) is 7.71. The number of H-pyrrole nitrogens is 1. The first kappa shape index (κ1) is 43.4. The summed E-state index contributed by atoms with van der Waals surface area (Å²) in [6.45, 7) is -0.273. The monoisotopic (exact) mass is 863 g/mol. The van der Waals surface area contributed by atoms with Crippen LogP contribution in [0.4, 0.5) is 5.82 Å². The average Bonchev–Trinajstić information content (AvgIpc) is 4.06. The van der Waals surface area contributed by atoms with Crippen LogP contribution in [-0.4, -0.2) is 73.5 Å². The third kappa shape index (κ3) is 9.07. The Morgan fingerprint density at radius 1 is 0.859 bits per heavy atom. The fourth-order valence-electron chi connectivity index (χ4n) is 10.6. The maximum Gasteiger partial charge on any atom is 0.161 e. The van der Waals surface area contributed by atoms with Gasteiger partial charge in [-0.3, -0.25) is 9.59 Å². The van der Waals surface area contributed by atoms with E-state index in [0.717, 1.165) is 64.6 Å². The van der Waals surface area contributed by atoms with E-state index in [1.54, 1.807) is 30.5 Å². The molecule has 6 N–H and O–H groups in total. The number of hydrogen-bond donors (Lipinski definition) is 6. The molecular formula is C53H57N3O8-2. The Kier molecular flexibility index (Phi) is 12.7. The first-order chi connectivity index (χ1) is 31.1. The lowest BCUT2D eigenvalue weighted by molar-refractivity contribution is -0.135. The van der Waals surface area contributed by atoms with Gasteiger partial charge in [-0.15, -0.1) is 5.69 Å². The highest BCUT2D eigenvalue weighted by Gasteiger charge is 2.43. The molecule has 1 aliphatic heterocycles. The maximum atomic E-state index is 15.4. The summed E-state index contributed by atoms with van der Waals surface area (Å²) in [5, 5.41) is 60.4. The average molecular weight is 864 g/mol. The normalized spacial score (nSPS) is 22.7. The molecule has 4 unspecified atom stereocenters. The molecule has 0 spiro atoms. The predicted octanol–water partition coefficient (Wildman–Crippen LogP) is 8.09. The molecule has 1 fully saturated rings. The van der Waals surface area contributed by atoms with Gasteiger partial charge in [0.1, 0.15) is 11.5 Å².